The second kappa shape index (κ2) is 8.35. The van der Waals surface area contributed by atoms with E-state index in [1.165, 1.54) is 5.56 Å². The highest BCUT2D eigenvalue weighted by Gasteiger charge is 2.29. The maximum absolute atomic E-state index is 12.7. The maximum Gasteiger partial charge on any atom is 0.226 e. The molecule has 29 heavy (non-hydrogen) atoms. The van der Waals surface area contributed by atoms with Gasteiger partial charge in [0, 0.05) is 52.0 Å². The lowest BCUT2D eigenvalue weighted by molar-refractivity contribution is -0.131. The minimum absolute atomic E-state index is 0.116. The molecule has 2 amide bonds. The van der Waals surface area contributed by atoms with Crippen molar-refractivity contribution < 1.29 is 9.59 Å². The molecule has 1 aromatic carbocycles. The van der Waals surface area contributed by atoms with E-state index in [-0.39, 0.29) is 11.8 Å². The van der Waals surface area contributed by atoms with Gasteiger partial charge in [-0.25, -0.2) is 0 Å². The molecular weight excluding hydrogens is 366 g/mol. The smallest absolute Gasteiger partial charge is 0.226 e. The summed E-state index contributed by atoms with van der Waals surface area (Å²) in [5.74, 6) is 2.64. The van der Waals surface area contributed by atoms with Crippen molar-refractivity contribution in [2.75, 3.05) is 26.2 Å². The molecular formula is C22H29N5O2. The maximum atomic E-state index is 12.7. The normalized spacial score (nSPS) is 17.7. The van der Waals surface area contributed by atoms with Crippen molar-refractivity contribution in [3.8, 4) is 0 Å². The predicted octanol–water partition coefficient (Wildman–Crippen LogP) is 1.94. The van der Waals surface area contributed by atoms with E-state index in [1.807, 2.05) is 21.9 Å². The van der Waals surface area contributed by atoms with E-state index < -0.39 is 0 Å². The van der Waals surface area contributed by atoms with E-state index in [9.17, 15) is 9.59 Å². The third-order valence-corrected chi connectivity index (χ3v) is 6.15. The Hall–Kier alpha value is -2.70. The van der Waals surface area contributed by atoms with Crippen LogP contribution in [0.4, 0.5) is 0 Å². The average Bonchev–Trinajstić information content (AvgIpc) is 2.98. The third-order valence-electron chi connectivity index (χ3n) is 6.15. The largest absolute Gasteiger partial charge is 0.342 e. The number of likely N-dealkylation sites (tertiary alicyclic amines) is 1. The predicted molar refractivity (Wildman–Crippen MR) is 109 cm³/mol. The summed E-state index contributed by atoms with van der Waals surface area (Å²) in [4.78, 5) is 28.3. The van der Waals surface area contributed by atoms with Crippen molar-refractivity contribution in [2.45, 2.75) is 52.0 Å². The Morgan fingerprint density at radius 1 is 1.03 bits per heavy atom. The van der Waals surface area contributed by atoms with E-state index in [0.717, 1.165) is 56.1 Å². The van der Waals surface area contributed by atoms with E-state index in [1.54, 1.807) is 6.92 Å². The number of carbonyl (C=O) groups excluding carboxylic acids is 2. The highest BCUT2D eigenvalue weighted by molar-refractivity contribution is 5.79. The van der Waals surface area contributed by atoms with Crippen LogP contribution in [0.25, 0.3) is 0 Å². The summed E-state index contributed by atoms with van der Waals surface area (Å²) in [5.41, 5.74) is 2.26. The molecule has 0 N–H and O–H groups in total. The molecule has 1 fully saturated rings. The Morgan fingerprint density at radius 3 is 2.55 bits per heavy atom. The van der Waals surface area contributed by atoms with Crippen molar-refractivity contribution in [2.24, 2.45) is 0 Å². The van der Waals surface area contributed by atoms with Gasteiger partial charge in [0.05, 0.1) is 6.42 Å². The van der Waals surface area contributed by atoms with Crippen LogP contribution in [0.5, 0.6) is 0 Å². The summed E-state index contributed by atoms with van der Waals surface area (Å²) < 4.78 is 2.21. The molecule has 2 aliphatic heterocycles. The first-order chi connectivity index (χ1) is 14.0. The highest BCUT2D eigenvalue weighted by atomic mass is 16.2. The van der Waals surface area contributed by atoms with E-state index in [2.05, 4.69) is 33.8 Å². The summed E-state index contributed by atoms with van der Waals surface area (Å²) in [6.07, 6.45) is 3.04. The number of benzene rings is 1. The van der Waals surface area contributed by atoms with Gasteiger partial charge in [0.25, 0.3) is 0 Å². The Morgan fingerprint density at radius 2 is 1.83 bits per heavy atom. The Bertz CT molecular complexity index is 898. The molecule has 0 atom stereocenters. The lowest BCUT2D eigenvalue weighted by atomic mass is 9.95. The fourth-order valence-corrected chi connectivity index (χ4v) is 4.46. The fraction of sp³-hybridized carbons (Fsp3) is 0.545. The van der Waals surface area contributed by atoms with Crippen LogP contribution in [-0.4, -0.2) is 62.6 Å². The molecule has 3 heterocycles. The Labute approximate surface area is 171 Å². The number of piperidine rings is 1. The SMILES string of the molecule is CC(=O)N1CCc2nnc(C3CCN(C(=O)Cc4cccc(C)c4)CC3)n2CC1. The fourth-order valence-electron chi connectivity index (χ4n) is 4.46. The van der Waals surface area contributed by atoms with Gasteiger partial charge in [-0.05, 0) is 25.3 Å². The van der Waals surface area contributed by atoms with E-state index >= 15 is 0 Å². The number of fused-ring (bicyclic) bond motifs is 1. The van der Waals surface area contributed by atoms with Crippen LogP contribution in [0.2, 0.25) is 0 Å². The number of hydrogen-bond acceptors (Lipinski definition) is 4. The first-order valence-electron chi connectivity index (χ1n) is 10.5. The number of aryl methyl sites for hydroxylation is 1. The summed E-state index contributed by atoms with van der Waals surface area (Å²) in [5, 5.41) is 8.88. The van der Waals surface area contributed by atoms with Gasteiger partial charge >= 0.3 is 0 Å². The summed E-state index contributed by atoms with van der Waals surface area (Å²) >= 11 is 0. The zero-order valence-electron chi connectivity index (χ0n) is 17.3. The second-order valence-electron chi connectivity index (χ2n) is 8.20. The topological polar surface area (TPSA) is 71.3 Å². The van der Waals surface area contributed by atoms with Gasteiger partial charge < -0.3 is 14.4 Å². The van der Waals surface area contributed by atoms with Crippen LogP contribution >= 0.6 is 0 Å². The second-order valence-corrected chi connectivity index (χ2v) is 8.20. The van der Waals surface area contributed by atoms with Crippen molar-refractivity contribution in [3.05, 3.63) is 47.0 Å². The number of aromatic nitrogens is 3. The third kappa shape index (κ3) is 4.33. The van der Waals surface area contributed by atoms with Crippen LogP contribution in [-0.2, 0) is 29.0 Å². The molecule has 0 radical (unpaired) electrons. The summed E-state index contributed by atoms with van der Waals surface area (Å²) in [6.45, 7) is 7.37. The number of carbonyl (C=O) groups is 2. The molecule has 1 aromatic heterocycles. The number of rotatable bonds is 3. The van der Waals surface area contributed by atoms with Gasteiger partial charge in [-0.1, -0.05) is 29.8 Å². The Kier molecular flexibility index (Phi) is 5.65. The molecule has 7 heteroatoms. The van der Waals surface area contributed by atoms with Crippen LogP contribution in [0.1, 0.15) is 48.5 Å². The molecule has 0 saturated carbocycles. The van der Waals surface area contributed by atoms with Gasteiger partial charge in [0.2, 0.25) is 11.8 Å². The molecule has 0 spiro atoms. The van der Waals surface area contributed by atoms with Gasteiger partial charge in [-0.3, -0.25) is 9.59 Å². The van der Waals surface area contributed by atoms with Crippen LogP contribution in [0.15, 0.2) is 24.3 Å². The van der Waals surface area contributed by atoms with Gasteiger partial charge in [0.1, 0.15) is 11.6 Å². The summed E-state index contributed by atoms with van der Waals surface area (Å²) in [7, 11) is 0. The first-order valence-corrected chi connectivity index (χ1v) is 10.5. The first kappa shape index (κ1) is 19.6. The zero-order valence-corrected chi connectivity index (χ0v) is 17.3. The molecule has 0 unspecified atom stereocenters. The quantitative estimate of drug-likeness (QED) is 0.796. The van der Waals surface area contributed by atoms with E-state index in [4.69, 9.17) is 0 Å². The number of amides is 2. The summed E-state index contributed by atoms with van der Waals surface area (Å²) in [6, 6.07) is 8.17. The molecule has 4 rings (SSSR count). The lowest BCUT2D eigenvalue weighted by Gasteiger charge is -2.32. The van der Waals surface area contributed by atoms with Crippen LogP contribution < -0.4 is 0 Å². The van der Waals surface area contributed by atoms with Crippen LogP contribution in [0.3, 0.4) is 0 Å². The van der Waals surface area contributed by atoms with Crippen molar-refractivity contribution >= 4 is 11.8 Å². The van der Waals surface area contributed by atoms with Crippen molar-refractivity contribution in [1.82, 2.24) is 24.6 Å². The minimum atomic E-state index is 0.116. The standard InChI is InChI=1S/C22H29N5O2/c1-16-4-3-5-18(14-16)15-21(29)26-9-6-19(7-10-26)22-24-23-20-8-11-25(17(2)28)12-13-27(20)22/h3-5,14,19H,6-13,15H2,1-2H3. The Balaban J connectivity index is 1.36. The molecule has 7 nitrogen and oxygen atoms in total. The van der Waals surface area contributed by atoms with Crippen LogP contribution in [0, 0.1) is 6.92 Å². The molecule has 2 aromatic rings. The molecule has 0 aliphatic carbocycles. The van der Waals surface area contributed by atoms with Gasteiger partial charge in [0.15, 0.2) is 0 Å². The zero-order chi connectivity index (χ0) is 20.4. The molecule has 1 saturated heterocycles. The van der Waals surface area contributed by atoms with Gasteiger partial charge in [-0.2, -0.15) is 0 Å². The number of hydrogen-bond donors (Lipinski definition) is 0. The molecule has 0 bridgehead atoms. The highest BCUT2D eigenvalue weighted by Crippen LogP contribution is 2.28. The molecule has 154 valence electrons. The van der Waals surface area contributed by atoms with Crippen molar-refractivity contribution in [3.63, 3.8) is 0 Å². The van der Waals surface area contributed by atoms with Gasteiger partial charge in [-0.15, -0.1) is 10.2 Å². The van der Waals surface area contributed by atoms with Crippen molar-refractivity contribution in [1.29, 1.82) is 0 Å². The number of nitrogens with zero attached hydrogens (tertiary/aromatic N) is 5. The minimum Gasteiger partial charge on any atom is -0.342 e. The molecule has 2 aliphatic rings. The monoisotopic (exact) mass is 395 g/mol. The van der Waals surface area contributed by atoms with E-state index in [0.29, 0.717) is 25.4 Å². The average molecular weight is 396 g/mol. The lowest BCUT2D eigenvalue weighted by Crippen LogP contribution is -2.39.